The fourth-order valence-corrected chi connectivity index (χ4v) is 3.68. The number of rotatable bonds is 5. The van der Waals surface area contributed by atoms with Gasteiger partial charge in [0.05, 0.1) is 7.11 Å². The summed E-state index contributed by atoms with van der Waals surface area (Å²) in [5, 5.41) is 8.77. The molecule has 1 aliphatic rings. The first-order valence-electron chi connectivity index (χ1n) is 8.22. The molecule has 3 nitrogen and oxygen atoms in total. The van der Waals surface area contributed by atoms with E-state index < -0.39 is 0 Å². The van der Waals surface area contributed by atoms with Gasteiger partial charge in [-0.1, -0.05) is 35.3 Å². The number of nitrogens with one attached hydrogen (secondary N) is 2. The second kappa shape index (κ2) is 8.21. The van der Waals surface area contributed by atoms with Crippen LogP contribution >= 0.6 is 23.2 Å². The molecule has 1 aliphatic heterocycles. The van der Waals surface area contributed by atoms with E-state index in [9.17, 15) is 0 Å². The molecule has 1 fully saturated rings. The van der Waals surface area contributed by atoms with Gasteiger partial charge in [0.1, 0.15) is 5.75 Å². The smallest absolute Gasteiger partial charge is 0.123 e. The van der Waals surface area contributed by atoms with Gasteiger partial charge < -0.3 is 15.4 Å². The van der Waals surface area contributed by atoms with Crippen LogP contribution in [0.5, 0.6) is 5.75 Å². The third kappa shape index (κ3) is 4.22. The zero-order valence-corrected chi connectivity index (χ0v) is 15.2. The number of halogens is 2. The number of hydrogen-bond donors (Lipinski definition) is 2. The molecular weight excluding hydrogens is 343 g/mol. The van der Waals surface area contributed by atoms with Crippen LogP contribution in [0.3, 0.4) is 0 Å². The average Bonchev–Trinajstić information content (AvgIpc) is 2.60. The highest BCUT2D eigenvalue weighted by Gasteiger charge is 2.26. The van der Waals surface area contributed by atoms with E-state index in [0.29, 0.717) is 12.6 Å². The Balaban J connectivity index is 1.74. The third-order valence-electron chi connectivity index (χ3n) is 4.46. The maximum absolute atomic E-state index is 6.16. The largest absolute Gasteiger partial charge is 0.496 e. The summed E-state index contributed by atoms with van der Waals surface area (Å²) in [7, 11) is 1.68. The van der Waals surface area contributed by atoms with Gasteiger partial charge in [-0.3, -0.25) is 0 Å². The average molecular weight is 365 g/mol. The maximum atomic E-state index is 6.16. The number of piperidine rings is 1. The lowest BCUT2D eigenvalue weighted by atomic mass is 9.92. The van der Waals surface area contributed by atoms with Crippen LogP contribution in [0.4, 0.5) is 0 Å². The molecule has 2 aromatic rings. The van der Waals surface area contributed by atoms with Crippen molar-refractivity contribution < 1.29 is 4.74 Å². The van der Waals surface area contributed by atoms with Gasteiger partial charge in [0.2, 0.25) is 0 Å². The van der Waals surface area contributed by atoms with Crippen LogP contribution in [0.2, 0.25) is 10.0 Å². The van der Waals surface area contributed by atoms with Crippen LogP contribution in [0.15, 0.2) is 42.5 Å². The highest BCUT2D eigenvalue weighted by molar-refractivity contribution is 6.30. The number of methoxy groups -OCH3 is 1. The van der Waals surface area contributed by atoms with Crippen molar-refractivity contribution in [3.05, 3.63) is 63.6 Å². The summed E-state index contributed by atoms with van der Waals surface area (Å²) in [6.45, 7) is 1.74. The zero-order valence-electron chi connectivity index (χ0n) is 13.7. The molecule has 0 spiro atoms. The molecule has 5 heteroatoms. The van der Waals surface area contributed by atoms with E-state index in [4.69, 9.17) is 27.9 Å². The predicted molar refractivity (Wildman–Crippen MR) is 100 cm³/mol. The maximum Gasteiger partial charge on any atom is 0.123 e. The molecule has 2 N–H and O–H groups in total. The van der Waals surface area contributed by atoms with Gasteiger partial charge in [-0.2, -0.15) is 0 Å². The Kier molecular flexibility index (Phi) is 6.01. The van der Waals surface area contributed by atoms with Crippen LogP contribution in [-0.4, -0.2) is 19.7 Å². The first kappa shape index (κ1) is 17.6. The molecule has 24 heavy (non-hydrogen) atoms. The topological polar surface area (TPSA) is 33.3 Å². The Morgan fingerprint density at radius 1 is 1.17 bits per heavy atom. The first-order valence-corrected chi connectivity index (χ1v) is 8.97. The van der Waals surface area contributed by atoms with Crippen molar-refractivity contribution >= 4 is 23.2 Å². The zero-order chi connectivity index (χ0) is 16.9. The Labute approximate surface area is 153 Å². The van der Waals surface area contributed by atoms with Gasteiger partial charge in [-0.25, -0.2) is 0 Å². The molecule has 2 atom stereocenters. The minimum atomic E-state index is 0.252. The lowest BCUT2D eigenvalue weighted by molar-refractivity contribution is 0.303. The second-order valence-corrected chi connectivity index (χ2v) is 6.95. The van der Waals surface area contributed by atoms with Crippen molar-refractivity contribution in [1.29, 1.82) is 0 Å². The van der Waals surface area contributed by atoms with Gasteiger partial charge in [-0.05, 0) is 55.3 Å². The van der Waals surface area contributed by atoms with Crippen LogP contribution in [0, 0.1) is 0 Å². The van der Waals surface area contributed by atoms with Crippen LogP contribution in [0.25, 0.3) is 0 Å². The summed E-state index contributed by atoms with van der Waals surface area (Å²) in [5.74, 6) is 0.856. The summed E-state index contributed by atoms with van der Waals surface area (Å²) >= 11 is 12.3. The van der Waals surface area contributed by atoms with E-state index in [1.165, 1.54) is 5.56 Å². The molecule has 128 valence electrons. The van der Waals surface area contributed by atoms with Gasteiger partial charge in [0.15, 0.2) is 0 Å². The van der Waals surface area contributed by atoms with Crippen molar-refractivity contribution in [3.63, 3.8) is 0 Å². The van der Waals surface area contributed by atoms with Crippen molar-refractivity contribution in [3.8, 4) is 5.75 Å². The van der Waals surface area contributed by atoms with Crippen LogP contribution in [-0.2, 0) is 6.54 Å². The molecule has 0 bridgehead atoms. The fraction of sp³-hybridized carbons (Fsp3) is 0.368. The van der Waals surface area contributed by atoms with Gasteiger partial charge >= 0.3 is 0 Å². The van der Waals surface area contributed by atoms with Gasteiger partial charge in [0.25, 0.3) is 0 Å². The third-order valence-corrected chi connectivity index (χ3v) is 4.93. The van der Waals surface area contributed by atoms with Gasteiger partial charge in [0, 0.05) is 34.2 Å². The Morgan fingerprint density at radius 3 is 2.79 bits per heavy atom. The fourth-order valence-electron chi connectivity index (χ4n) is 3.28. The summed E-state index contributed by atoms with van der Waals surface area (Å²) in [6.07, 6.45) is 2.27. The molecule has 3 rings (SSSR count). The molecule has 0 radical (unpaired) electrons. The minimum absolute atomic E-state index is 0.252. The molecule has 1 heterocycles. The lowest BCUT2D eigenvalue weighted by Gasteiger charge is -2.34. The molecule has 0 aliphatic carbocycles. The molecule has 0 saturated carbocycles. The quantitative estimate of drug-likeness (QED) is 0.814. The molecule has 0 aromatic heterocycles. The van der Waals surface area contributed by atoms with E-state index in [-0.39, 0.29) is 6.04 Å². The van der Waals surface area contributed by atoms with Gasteiger partial charge in [-0.15, -0.1) is 0 Å². The lowest BCUT2D eigenvalue weighted by Crippen LogP contribution is -2.45. The second-order valence-electron chi connectivity index (χ2n) is 6.07. The number of hydrogen-bond acceptors (Lipinski definition) is 3. The van der Waals surface area contributed by atoms with Crippen molar-refractivity contribution in [1.82, 2.24) is 10.6 Å². The summed E-state index contributed by atoms with van der Waals surface area (Å²) in [4.78, 5) is 0. The molecule has 0 amide bonds. The Morgan fingerprint density at radius 2 is 2.00 bits per heavy atom. The van der Waals surface area contributed by atoms with E-state index in [1.807, 2.05) is 36.4 Å². The summed E-state index contributed by atoms with van der Waals surface area (Å²) < 4.78 is 5.44. The standard InChI is InChI=1S/C19H22Cl2N2O/c1-24-18-8-7-16(21)11-14(18)12-23-17-6-3-9-22-19(17)13-4-2-5-15(20)10-13/h2,4-5,7-8,10-11,17,19,22-23H,3,6,9,12H2,1H3/t17-,19-/m1/s1. The van der Waals surface area contributed by atoms with E-state index >= 15 is 0 Å². The van der Waals surface area contributed by atoms with Crippen LogP contribution in [0.1, 0.15) is 30.0 Å². The molecule has 0 unspecified atom stereocenters. The van der Waals surface area contributed by atoms with E-state index in [0.717, 1.165) is 40.7 Å². The minimum Gasteiger partial charge on any atom is -0.496 e. The summed E-state index contributed by atoms with van der Waals surface area (Å²) in [5.41, 5.74) is 2.29. The Bertz CT molecular complexity index is 693. The van der Waals surface area contributed by atoms with Crippen molar-refractivity contribution in [2.75, 3.05) is 13.7 Å². The van der Waals surface area contributed by atoms with Crippen molar-refractivity contribution in [2.24, 2.45) is 0 Å². The monoisotopic (exact) mass is 364 g/mol. The van der Waals surface area contributed by atoms with Crippen LogP contribution < -0.4 is 15.4 Å². The highest BCUT2D eigenvalue weighted by Crippen LogP contribution is 2.27. The molecule has 2 aromatic carbocycles. The Hall–Kier alpha value is -1.26. The van der Waals surface area contributed by atoms with E-state index in [1.54, 1.807) is 7.11 Å². The van der Waals surface area contributed by atoms with E-state index in [2.05, 4.69) is 16.7 Å². The number of benzene rings is 2. The SMILES string of the molecule is COc1ccc(Cl)cc1CN[C@@H]1CCCN[C@@H]1c1cccc(Cl)c1. The molecular formula is C19H22Cl2N2O. The first-order chi connectivity index (χ1) is 11.7. The molecule has 1 saturated heterocycles. The normalized spacial score (nSPS) is 20.8. The summed E-state index contributed by atoms with van der Waals surface area (Å²) in [6, 6.07) is 14.4. The highest BCUT2D eigenvalue weighted by atomic mass is 35.5. The van der Waals surface area contributed by atoms with Crippen molar-refractivity contribution in [2.45, 2.75) is 31.5 Å². The number of ether oxygens (including phenoxy) is 1. The predicted octanol–water partition coefficient (Wildman–Crippen LogP) is 4.58.